The van der Waals surface area contributed by atoms with Gasteiger partial charge in [0.15, 0.2) is 0 Å². The number of thioether (sulfide) groups is 1. The molecule has 0 amide bonds. The van der Waals surface area contributed by atoms with E-state index < -0.39 is 0 Å². The fourth-order valence-corrected chi connectivity index (χ4v) is 1.44. The quantitative estimate of drug-likeness (QED) is 0.473. The Morgan fingerprint density at radius 2 is 2.00 bits per heavy atom. The highest BCUT2D eigenvalue weighted by molar-refractivity contribution is 7.98. The standard InChI is InChI=1S/C12H18N2S/c1-12(2,3)11(13)14-9-6-5-7-10(8-9)15-4/h5-8H,1-4H3,(H2,13,14). The Balaban J connectivity index is 2.98. The van der Waals surface area contributed by atoms with Crippen molar-refractivity contribution >= 4 is 23.3 Å². The Labute approximate surface area is 96.0 Å². The highest BCUT2D eigenvalue weighted by Crippen LogP contribution is 2.23. The maximum absolute atomic E-state index is 5.92. The van der Waals surface area contributed by atoms with E-state index in [1.807, 2.05) is 18.2 Å². The van der Waals surface area contributed by atoms with Crippen molar-refractivity contribution in [3.8, 4) is 0 Å². The lowest BCUT2D eigenvalue weighted by atomic mass is 9.95. The van der Waals surface area contributed by atoms with Crippen molar-refractivity contribution < 1.29 is 0 Å². The number of hydrogen-bond acceptors (Lipinski definition) is 2. The van der Waals surface area contributed by atoms with E-state index in [9.17, 15) is 0 Å². The van der Waals surface area contributed by atoms with Crippen molar-refractivity contribution in [3.05, 3.63) is 24.3 Å². The lowest BCUT2D eigenvalue weighted by Crippen LogP contribution is -2.28. The van der Waals surface area contributed by atoms with E-state index in [2.05, 4.69) is 38.1 Å². The molecule has 1 aromatic carbocycles. The summed E-state index contributed by atoms with van der Waals surface area (Å²) in [7, 11) is 0. The molecule has 0 aliphatic carbocycles. The first-order valence-corrected chi connectivity index (χ1v) is 6.14. The number of rotatable bonds is 2. The van der Waals surface area contributed by atoms with Crippen LogP contribution < -0.4 is 5.73 Å². The van der Waals surface area contributed by atoms with Gasteiger partial charge in [-0.25, -0.2) is 4.99 Å². The molecule has 0 aliphatic heterocycles. The summed E-state index contributed by atoms with van der Waals surface area (Å²) in [6, 6.07) is 8.08. The lowest BCUT2D eigenvalue weighted by Gasteiger charge is -2.17. The lowest BCUT2D eigenvalue weighted by molar-refractivity contribution is 0.585. The summed E-state index contributed by atoms with van der Waals surface area (Å²) in [5.74, 6) is 0.667. The van der Waals surface area contributed by atoms with Crippen molar-refractivity contribution in [1.29, 1.82) is 0 Å². The van der Waals surface area contributed by atoms with Crippen LogP contribution in [0.5, 0.6) is 0 Å². The molecular formula is C12H18N2S. The molecule has 0 bridgehead atoms. The Hall–Kier alpha value is -0.960. The van der Waals surface area contributed by atoms with Crippen molar-refractivity contribution in [3.63, 3.8) is 0 Å². The van der Waals surface area contributed by atoms with Gasteiger partial charge in [0.1, 0.15) is 5.84 Å². The summed E-state index contributed by atoms with van der Waals surface area (Å²) in [6.45, 7) is 6.18. The topological polar surface area (TPSA) is 38.4 Å². The monoisotopic (exact) mass is 222 g/mol. The van der Waals surface area contributed by atoms with Crippen LogP contribution in [0.3, 0.4) is 0 Å². The maximum Gasteiger partial charge on any atom is 0.105 e. The molecule has 0 saturated carbocycles. The van der Waals surface area contributed by atoms with Crippen LogP contribution in [0.4, 0.5) is 5.69 Å². The summed E-state index contributed by atoms with van der Waals surface area (Å²) in [5, 5.41) is 0. The molecule has 0 spiro atoms. The molecule has 2 N–H and O–H groups in total. The van der Waals surface area contributed by atoms with E-state index in [1.54, 1.807) is 11.8 Å². The van der Waals surface area contributed by atoms with Crippen LogP contribution >= 0.6 is 11.8 Å². The minimum atomic E-state index is -0.0740. The van der Waals surface area contributed by atoms with Crippen LogP contribution in [0.2, 0.25) is 0 Å². The number of nitrogens with two attached hydrogens (primary N) is 1. The van der Waals surface area contributed by atoms with Crippen LogP contribution in [-0.2, 0) is 0 Å². The first kappa shape index (κ1) is 12.1. The van der Waals surface area contributed by atoms with Crippen LogP contribution in [0.1, 0.15) is 20.8 Å². The smallest absolute Gasteiger partial charge is 0.105 e. The normalized spacial score (nSPS) is 12.9. The molecule has 0 aromatic heterocycles. The first-order valence-electron chi connectivity index (χ1n) is 4.92. The number of nitrogens with zero attached hydrogens (tertiary/aromatic N) is 1. The summed E-state index contributed by atoms with van der Waals surface area (Å²) in [6.07, 6.45) is 2.05. The summed E-state index contributed by atoms with van der Waals surface area (Å²) in [4.78, 5) is 5.63. The fourth-order valence-electron chi connectivity index (χ4n) is 0.987. The van der Waals surface area contributed by atoms with Crippen LogP contribution in [0.25, 0.3) is 0 Å². The van der Waals surface area contributed by atoms with Gasteiger partial charge in [0.05, 0.1) is 5.69 Å². The summed E-state index contributed by atoms with van der Waals surface area (Å²) >= 11 is 1.71. The third-order valence-corrected chi connectivity index (χ3v) is 2.80. The Bertz CT molecular complexity index is 364. The van der Waals surface area contributed by atoms with Crippen molar-refractivity contribution in [2.45, 2.75) is 25.7 Å². The zero-order valence-corrected chi connectivity index (χ0v) is 10.6. The average molecular weight is 222 g/mol. The SMILES string of the molecule is CSc1cccc(N=C(N)C(C)(C)C)c1. The van der Waals surface area contributed by atoms with Crippen LogP contribution in [-0.4, -0.2) is 12.1 Å². The molecule has 15 heavy (non-hydrogen) atoms. The zero-order valence-electron chi connectivity index (χ0n) is 9.74. The minimum absolute atomic E-state index is 0.0740. The summed E-state index contributed by atoms with van der Waals surface area (Å²) < 4.78 is 0. The molecule has 3 heteroatoms. The highest BCUT2D eigenvalue weighted by Gasteiger charge is 2.15. The van der Waals surface area contributed by atoms with Gasteiger partial charge in [-0.2, -0.15) is 0 Å². The molecule has 0 radical (unpaired) electrons. The Morgan fingerprint density at radius 3 is 2.53 bits per heavy atom. The van der Waals surface area contributed by atoms with Gasteiger partial charge in [0.25, 0.3) is 0 Å². The second-order valence-electron chi connectivity index (χ2n) is 4.45. The molecule has 1 aromatic rings. The molecule has 0 unspecified atom stereocenters. The Morgan fingerprint density at radius 1 is 1.33 bits per heavy atom. The van der Waals surface area contributed by atoms with E-state index in [0.29, 0.717) is 5.84 Å². The molecular weight excluding hydrogens is 204 g/mol. The van der Waals surface area contributed by atoms with Gasteiger partial charge in [-0.3, -0.25) is 0 Å². The minimum Gasteiger partial charge on any atom is -0.387 e. The van der Waals surface area contributed by atoms with E-state index in [1.165, 1.54) is 4.90 Å². The molecule has 2 nitrogen and oxygen atoms in total. The molecule has 1 rings (SSSR count). The van der Waals surface area contributed by atoms with Gasteiger partial charge in [0, 0.05) is 10.3 Å². The number of aliphatic imine (C=N–C) groups is 1. The van der Waals surface area contributed by atoms with Crippen molar-refractivity contribution in [2.75, 3.05) is 6.26 Å². The van der Waals surface area contributed by atoms with Gasteiger partial charge in [0.2, 0.25) is 0 Å². The molecule has 82 valence electrons. The van der Waals surface area contributed by atoms with Crippen molar-refractivity contribution in [1.82, 2.24) is 0 Å². The van der Waals surface area contributed by atoms with Gasteiger partial charge >= 0.3 is 0 Å². The highest BCUT2D eigenvalue weighted by atomic mass is 32.2. The van der Waals surface area contributed by atoms with Crippen LogP contribution in [0, 0.1) is 5.41 Å². The van der Waals surface area contributed by atoms with Gasteiger partial charge < -0.3 is 5.73 Å². The van der Waals surface area contributed by atoms with E-state index in [-0.39, 0.29) is 5.41 Å². The van der Waals surface area contributed by atoms with E-state index in [0.717, 1.165) is 5.69 Å². The Kier molecular flexibility index (Phi) is 3.80. The van der Waals surface area contributed by atoms with Crippen molar-refractivity contribution in [2.24, 2.45) is 16.1 Å². The summed E-state index contributed by atoms with van der Waals surface area (Å²) in [5.41, 5.74) is 6.77. The van der Waals surface area contributed by atoms with Crippen LogP contribution in [0.15, 0.2) is 34.2 Å². The third-order valence-electron chi connectivity index (χ3n) is 2.07. The second-order valence-corrected chi connectivity index (χ2v) is 5.33. The predicted molar refractivity (Wildman–Crippen MR) is 69.0 cm³/mol. The molecule has 0 atom stereocenters. The average Bonchev–Trinajstić information content (AvgIpc) is 2.16. The van der Waals surface area contributed by atoms with Gasteiger partial charge in [-0.15, -0.1) is 11.8 Å². The fraction of sp³-hybridized carbons (Fsp3) is 0.417. The largest absolute Gasteiger partial charge is 0.387 e. The molecule has 0 aliphatic rings. The molecule has 0 saturated heterocycles. The molecule has 0 fully saturated rings. The first-order chi connectivity index (χ1) is 6.93. The number of hydrogen-bond donors (Lipinski definition) is 1. The number of amidine groups is 1. The second kappa shape index (κ2) is 4.71. The van der Waals surface area contributed by atoms with E-state index in [4.69, 9.17) is 5.73 Å². The third kappa shape index (κ3) is 3.59. The molecule has 0 heterocycles. The van der Waals surface area contributed by atoms with Gasteiger partial charge in [-0.1, -0.05) is 26.8 Å². The van der Waals surface area contributed by atoms with E-state index >= 15 is 0 Å². The number of benzene rings is 1. The zero-order chi connectivity index (χ0) is 11.5. The maximum atomic E-state index is 5.92. The van der Waals surface area contributed by atoms with Gasteiger partial charge in [-0.05, 0) is 24.5 Å². The predicted octanol–water partition coefficient (Wildman–Crippen LogP) is 3.44.